The molecule has 1 aliphatic heterocycles. The second-order valence-corrected chi connectivity index (χ2v) is 6.66. The molecule has 7 nitrogen and oxygen atoms in total. The molecule has 0 saturated carbocycles. The predicted octanol–water partition coefficient (Wildman–Crippen LogP) is 0.434. The Bertz CT molecular complexity index is 399. The third-order valence-electron chi connectivity index (χ3n) is 3.17. The summed E-state index contributed by atoms with van der Waals surface area (Å²) in [6, 6.07) is 0. The van der Waals surface area contributed by atoms with Gasteiger partial charge in [0.2, 0.25) is 0 Å². The third kappa shape index (κ3) is 5.74. The van der Waals surface area contributed by atoms with Gasteiger partial charge in [-0.05, 0) is 25.7 Å². The van der Waals surface area contributed by atoms with E-state index in [4.69, 9.17) is 9.84 Å². The van der Waals surface area contributed by atoms with Crippen LogP contribution in [0.5, 0.6) is 0 Å². The van der Waals surface area contributed by atoms with Crippen molar-refractivity contribution in [3.05, 3.63) is 0 Å². The molecule has 1 atom stereocenters. The number of hydrogen-bond donors (Lipinski definition) is 2. The number of rotatable bonds is 9. The van der Waals surface area contributed by atoms with E-state index >= 15 is 0 Å². The van der Waals surface area contributed by atoms with Crippen LogP contribution in [0.1, 0.15) is 32.6 Å². The van der Waals surface area contributed by atoms with Crippen LogP contribution < -0.4 is 4.72 Å². The molecule has 1 heterocycles. The van der Waals surface area contributed by atoms with Crippen molar-refractivity contribution in [1.29, 1.82) is 0 Å². The molecule has 1 unspecified atom stereocenters. The van der Waals surface area contributed by atoms with Crippen LogP contribution in [0, 0.1) is 5.92 Å². The van der Waals surface area contributed by atoms with E-state index in [9.17, 15) is 13.2 Å². The molecule has 1 fully saturated rings. The third-order valence-corrected chi connectivity index (χ3v) is 4.75. The van der Waals surface area contributed by atoms with Gasteiger partial charge < -0.3 is 9.84 Å². The topological polar surface area (TPSA) is 95.9 Å². The lowest BCUT2D eigenvalue weighted by molar-refractivity contribution is -0.142. The average Bonchev–Trinajstić information content (AvgIpc) is 2.43. The van der Waals surface area contributed by atoms with E-state index in [1.807, 2.05) is 6.92 Å². The zero-order valence-electron chi connectivity index (χ0n) is 11.9. The van der Waals surface area contributed by atoms with Crippen molar-refractivity contribution in [3.63, 3.8) is 0 Å². The summed E-state index contributed by atoms with van der Waals surface area (Å²) in [4.78, 5) is 10.9. The molecule has 0 spiro atoms. The molecule has 0 aliphatic carbocycles. The van der Waals surface area contributed by atoms with Gasteiger partial charge in [0.1, 0.15) is 0 Å². The highest BCUT2D eigenvalue weighted by Crippen LogP contribution is 2.18. The first-order valence-electron chi connectivity index (χ1n) is 7.02. The van der Waals surface area contributed by atoms with Crippen molar-refractivity contribution in [3.8, 4) is 0 Å². The minimum atomic E-state index is -3.58. The normalized spacial score (nSPS) is 20.9. The lowest BCUT2D eigenvalue weighted by atomic mass is 10.0. The van der Waals surface area contributed by atoms with E-state index in [1.54, 1.807) is 0 Å². The van der Waals surface area contributed by atoms with Crippen LogP contribution in [0.25, 0.3) is 0 Å². The SMILES string of the molecule is CCCOCCCNS(=O)(=O)N1CCCC(C(=O)O)C1. The minimum Gasteiger partial charge on any atom is -0.481 e. The van der Waals surface area contributed by atoms with E-state index < -0.39 is 22.1 Å². The quantitative estimate of drug-likeness (QED) is 0.602. The number of nitrogens with zero attached hydrogens (tertiary/aromatic N) is 1. The zero-order chi connectivity index (χ0) is 15.0. The molecule has 2 N–H and O–H groups in total. The molecule has 0 radical (unpaired) electrons. The molecule has 0 aromatic carbocycles. The number of hydrogen-bond acceptors (Lipinski definition) is 4. The Morgan fingerprint density at radius 1 is 1.45 bits per heavy atom. The Hall–Kier alpha value is -0.700. The van der Waals surface area contributed by atoms with Crippen LogP contribution in [-0.2, 0) is 19.7 Å². The summed E-state index contributed by atoms with van der Waals surface area (Å²) < 4.78 is 33.0. The van der Waals surface area contributed by atoms with Crippen LogP contribution in [-0.4, -0.2) is 56.6 Å². The van der Waals surface area contributed by atoms with Gasteiger partial charge in [-0.25, -0.2) is 4.72 Å². The van der Waals surface area contributed by atoms with Crippen LogP contribution in [0.4, 0.5) is 0 Å². The Balaban J connectivity index is 2.34. The second-order valence-electron chi connectivity index (χ2n) is 4.90. The molecule has 0 aromatic heterocycles. The van der Waals surface area contributed by atoms with Gasteiger partial charge in [0.15, 0.2) is 0 Å². The number of carboxylic acids is 1. The Morgan fingerprint density at radius 3 is 2.85 bits per heavy atom. The van der Waals surface area contributed by atoms with Crippen molar-refractivity contribution in [2.45, 2.75) is 32.6 Å². The molecule has 0 aromatic rings. The zero-order valence-corrected chi connectivity index (χ0v) is 12.7. The molecule has 0 amide bonds. The average molecular weight is 308 g/mol. The summed E-state index contributed by atoms with van der Waals surface area (Å²) in [5.74, 6) is -1.54. The standard InChI is InChI=1S/C12H24N2O5S/c1-2-8-19-9-4-6-13-20(17,18)14-7-3-5-11(10-14)12(15)16/h11,13H,2-10H2,1H3,(H,15,16). The summed E-state index contributed by atoms with van der Waals surface area (Å²) in [6.45, 7) is 3.95. The summed E-state index contributed by atoms with van der Waals surface area (Å²) in [5.41, 5.74) is 0. The molecule has 1 aliphatic rings. The molecule has 20 heavy (non-hydrogen) atoms. The minimum absolute atomic E-state index is 0.0526. The molecular weight excluding hydrogens is 284 g/mol. The van der Waals surface area contributed by atoms with E-state index in [0.717, 1.165) is 6.42 Å². The van der Waals surface area contributed by atoms with Gasteiger partial charge in [0.05, 0.1) is 5.92 Å². The number of aliphatic carboxylic acids is 1. The maximum Gasteiger partial charge on any atom is 0.307 e. The maximum absolute atomic E-state index is 12.0. The smallest absolute Gasteiger partial charge is 0.307 e. The van der Waals surface area contributed by atoms with Crippen molar-refractivity contribution >= 4 is 16.2 Å². The first kappa shape index (κ1) is 17.4. The van der Waals surface area contributed by atoms with Crippen LogP contribution >= 0.6 is 0 Å². The predicted molar refractivity (Wildman–Crippen MR) is 74.6 cm³/mol. The highest BCUT2D eigenvalue weighted by molar-refractivity contribution is 7.87. The fourth-order valence-corrected chi connectivity index (χ4v) is 3.41. The highest BCUT2D eigenvalue weighted by Gasteiger charge is 2.31. The van der Waals surface area contributed by atoms with Crippen molar-refractivity contribution in [1.82, 2.24) is 9.03 Å². The van der Waals surface area contributed by atoms with E-state index in [2.05, 4.69) is 4.72 Å². The monoisotopic (exact) mass is 308 g/mol. The Kier molecular flexibility index (Phi) is 7.42. The number of carbonyl (C=O) groups is 1. The second kappa shape index (κ2) is 8.56. The fraction of sp³-hybridized carbons (Fsp3) is 0.917. The van der Waals surface area contributed by atoms with Gasteiger partial charge in [-0.1, -0.05) is 6.92 Å². The molecule has 1 rings (SSSR count). The van der Waals surface area contributed by atoms with Crippen LogP contribution in [0.2, 0.25) is 0 Å². The van der Waals surface area contributed by atoms with Crippen molar-refractivity contribution in [2.75, 3.05) is 32.8 Å². The van der Waals surface area contributed by atoms with Gasteiger partial charge in [-0.3, -0.25) is 4.79 Å². The van der Waals surface area contributed by atoms with Crippen LogP contribution in [0.3, 0.4) is 0 Å². The van der Waals surface area contributed by atoms with E-state index in [-0.39, 0.29) is 6.54 Å². The summed E-state index contributed by atoms with van der Waals surface area (Å²) in [7, 11) is -3.58. The fourth-order valence-electron chi connectivity index (χ4n) is 2.08. The summed E-state index contributed by atoms with van der Waals surface area (Å²) >= 11 is 0. The van der Waals surface area contributed by atoms with Crippen molar-refractivity contribution < 1.29 is 23.1 Å². The van der Waals surface area contributed by atoms with Crippen molar-refractivity contribution in [2.24, 2.45) is 5.92 Å². The lowest BCUT2D eigenvalue weighted by Gasteiger charge is -2.29. The van der Waals surface area contributed by atoms with Gasteiger partial charge in [-0.15, -0.1) is 0 Å². The summed E-state index contributed by atoms with van der Waals surface area (Å²) in [6.07, 6.45) is 2.66. The molecular formula is C12H24N2O5S. The molecule has 8 heteroatoms. The first-order valence-corrected chi connectivity index (χ1v) is 8.46. The lowest BCUT2D eigenvalue weighted by Crippen LogP contribution is -2.47. The van der Waals surface area contributed by atoms with E-state index in [0.29, 0.717) is 45.6 Å². The number of ether oxygens (including phenoxy) is 1. The van der Waals surface area contributed by atoms with Crippen LogP contribution in [0.15, 0.2) is 0 Å². The summed E-state index contributed by atoms with van der Waals surface area (Å²) in [5, 5.41) is 8.96. The Morgan fingerprint density at radius 2 is 2.20 bits per heavy atom. The molecule has 1 saturated heterocycles. The van der Waals surface area contributed by atoms with Gasteiger partial charge in [-0.2, -0.15) is 12.7 Å². The highest BCUT2D eigenvalue weighted by atomic mass is 32.2. The number of carboxylic acid groups (broad SMARTS) is 1. The largest absolute Gasteiger partial charge is 0.481 e. The molecule has 0 bridgehead atoms. The molecule has 118 valence electrons. The van der Waals surface area contributed by atoms with Gasteiger partial charge in [0, 0.05) is 32.8 Å². The first-order chi connectivity index (χ1) is 9.47. The number of nitrogens with one attached hydrogen (secondary N) is 1. The number of piperidine rings is 1. The van der Waals surface area contributed by atoms with E-state index in [1.165, 1.54) is 4.31 Å². The Labute approximate surface area is 120 Å². The maximum atomic E-state index is 12.0. The van der Waals surface area contributed by atoms with Gasteiger partial charge >= 0.3 is 5.97 Å². The van der Waals surface area contributed by atoms with Gasteiger partial charge in [0.25, 0.3) is 10.2 Å².